The molecule has 3 N–H and O–H groups in total. The van der Waals surface area contributed by atoms with Crippen LogP contribution in [0.15, 0.2) is 0 Å². The molecule has 4 saturated carbocycles. The highest BCUT2D eigenvalue weighted by Crippen LogP contribution is 2.68. The van der Waals surface area contributed by atoms with Crippen molar-refractivity contribution < 1.29 is 24.2 Å². The summed E-state index contributed by atoms with van der Waals surface area (Å²) in [6, 6.07) is 0. The molecule has 4 aliphatic carbocycles. The Morgan fingerprint density at radius 2 is 1.74 bits per heavy atom. The van der Waals surface area contributed by atoms with Crippen molar-refractivity contribution in [3.8, 4) is 0 Å². The van der Waals surface area contributed by atoms with Crippen LogP contribution in [0.2, 0.25) is 0 Å². The predicted molar refractivity (Wildman–Crippen MR) is 122 cm³/mol. The van der Waals surface area contributed by atoms with Crippen molar-refractivity contribution in [3.05, 3.63) is 0 Å². The second-order valence-electron chi connectivity index (χ2n) is 12.3. The van der Waals surface area contributed by atoms with E-state index in [0.29, 0.717) is 41.9 Å². The molecule has 0 amide bonds. The third-order valence-electron chi connectivity index (χ3n) is 10.9. The molecule has 4 fully saturated rings. The van der Waals surface area contributed by atoms with Gasteiger partial charge < -0.3 is 15.3 Å². The van der Waals surface area contributed by atoms with Crippen LogP contribution < -0.4 is 0 Å². The maximum Gasteiger partial charge on any atom is 0.306 e. The number of carboxylic acid groups (broad SMARTS) is 1. The van der Waals surface area contributed by atoms with Crippen LogP contribution >= 0.6 is 0 Å². The molecule has 0 radical (unpaired) electrons. The van der Waals surface area contributed by atoms with Crippen LogP contribution in [0.5, 0.6) is 0 Å². The van der Waals surface area contributed by atoms with Gasteiger partial charge in [-0.2, -0.15) is 0 Å². The van der Waals surface area contributed by atoms with E-state index in [1.165, 1.54) is 6.42 Å². The highest BCUT2D eigenvalue weighted by Gasteiger charge is 2.62. The fourth-order valence-corrected chi connectivity index (χ4v) is 9.14. The Hall–Kier alpha value is -0.610. The lowest BCUT2D eigenvalue weighted by Crippen LogP contribution is -2.58. The van der Waals surface area contributed by atoms with Gasteiger partial charge in [-0.25, -0.2) is 0 Å². The van der Waals surface area contributed by atoms with E-state index >= 15 is 0 Å². The van der Waals surface area contributed by atoms with Crippen molar-refractivity contribution in [1.82, 2.24) is 0 Å². The SMILES string of the molecule is [2H]C([2H])([2H])C(CCC[C@@H](C)[C@H]1CC[C@H]2C3[C@H](O)C[C@@H]4C[C@H](O)CC[C@]4(C)[C@H]3CC[C@]12C)C(=O)O. The van der Waals surface area contributed by atoms with Crippen molar-refractivity contribution in [3.63, 3.8) is 0 Å². The van der Waals surface area contributed by atoms with Crippen LogP contribution in [-0.2, 0) is 4.79 Å². The Bertz CT molecular complexity index is 757. The lowest BCUT2D eigenvalue weighted by Gasteiger charge is -2.62. The van der Waals surface area contributed by atoms with E-state index in [1.54, 1.807) is 0 Å². The van der Waals surface area contributed by atoms with Gasteiger partial charge in [0.1, 0.15) is 0 Å². The van der Waals surface area contributed by atoms with Gasteiger partial charge in [-0.3, -0.25) is 4.79 Å². The second kappa shape index (κ2) is 8.63. The molecule has 0 heterocycles. The van der Waals surface area contributed by atoms with Crippen molar-refractivity contribution >= 4 is 5.97 Å². The van der Waals surface area contributed by atoms with E-state index in [-0.39, 0.29) is 29.5 Å². The third kappa shape index (κ3) is 3.98. The van der Waals surface area contributed by atoms with Crippen LogP contribution in [0, 0.1) is 52.3 Å². The van der Waals surface area contributed by atoms with Crippen LogP contribution in [0.4, 0.5) is 0 Å². The molecule has 4 rings (SSSR count). The topological polar surface area (TPSA) is 77.8 Å². The van der Waals surface area contributed by atoms with Gasteiger partial charge in [-0.1, -0.05) is 40.5 Å². The molecule has 4 aliphatic rings. The van der Waals surface area contributed by atoms with Crippen LogP contribution in [0.25, 0.3) is 0 Å². The first-order valence-corrected chi connectivity index (χ1v) is 12.9. The molecule has 2 unspecified atom stereocenters. The van der Waals surface area contributed by atoms with Gasteiger partial charge in [0, 0.05) is 4.11 Å². The van der Waals surface area contributed by atoms with Crippen LogP contribution in [-0.4, -0.2) is 33.5 Å². The van der Waals surface area contributed by atoms with E-state index in [0.717, 1.165) is 51.4 Å². The number of carbonyl (C=O) groups is 1. The Balaban J connectivity index is 1.43. The predicted octanol–water partition coefficient (Wildman–Crippen LogP) is 5.50. The molecule has 0 aliphatic heterocycles. The monoisotopic (exact) mass is 437 g/mol. The normalized spacial score (nSPS) is 50.7. The largest absolute Gasteiger partial charge is 0.481 e. The van der Waals surface area contributed by atoms with Gasteiger partial charge >= 0.3 is 5.97 Å². The average molecular weight is 438 g/mol. The lowest BCUT2D eigenvalue weighted by atomic mass is 9.43. The minimum atomic E-state index is -2.45. The number of carboxylic acids is 1. The highest BCUT2D eigenvalue weighted by molar-refractivity contribution is 5.69. The summed E-state index contributed by atoms with van der Waals surface area (Å²) < 4.78 is 22.6. The molecule has 178 valence electrons. The maximum absolute atomic E-state index is 11.4. The van der Waals surface area contributed by atoms with Gasteiger partial charge in [0.2, 0.25) is 0 Å². The summed E-state index contributed by atoms with van der Waals surface area (Å²) in [5.41, 5.74) is 0.421. The number of aliphatic carboxylic acids is 1. The zero-order valence-electron chi connectivity index (χ0n) is 22.7. The second-order valence-corrected chi connectivity index (χ2v) is 12.3. The molecular formula is C27H46O4. The number of aliphatic hydroxyl groups is 2. The number of rotatable bonds is 6. The summed E-state index contributed by atoms with van der Waals surface area (Å²) in [6.07, 6.45) is 9.48. The van der Waals surface area contributed by atoms with E-state index in [4.69, 9.17) is 4.11 Å². The molecule has 11 atom stereocenters. The standard InChI is InChI=1S/C27H46O4/c1-16(6-5-7-17(2)25(30)31)20-8-9-21-24-22(11-13-27(20,21)4)26(3)12-10-19(28)14-18(26)15-23(24)29/h16-24,28-29H,5-15H2,1-4H3,(H,30,31)/t16-,17?,18+,19-,20-,21+,22+,23-,24?,26+,27-/m1/s1/i2D3. The van der Waals surface area contributed by atoms with Crippen molar-refractivity contribution in [2.45, 2.75) is 110 Å². The average Bonchev–Trinajstić information content (AvgIpc) is 3.08. The molecule has 4 heteroatoms. The first-order valence-electron chi connectivity index (χ1n) is 14.4. The Morgan fingerprint density at radius 1 is 1.03 bits per heavy atom. The van der Waals surface area contributed by atoms with Crippen molar-refractivity contribution in [2.75, 3.05) is 0 Å². The minimum Gasteiger partial charge on any atom is -0.481 e. The maximum atomic E-state index is 11.4. The summed E-state index contributed by atoms with van der Waals surface area (Å²) >= 11 is 0. The first kappa shape index (κ1) is 19.8. The van der Waals surface area contributed by atoms with Gasteiger partial charge in [-0.05, 0) is 104 Å². The van der Waals surface area contributed by atoms with E-state index in [1.807, 2.05) is 0 Å². The summed E-state index contributed by atoms with van der Waals surface area (Å²) in [4.78, 5) is 11.4. The van der Waals surface area contributed by atoms with E-state index in [2.05, 4.69) is 20.8 Å². The van der Waals surface area contributed by atoms with Gasteiger partial charge in [-0.15, -0.1) is 0 Å². The Labute approximate surface area is 193 Å². The van der Waals surface area contributed by atoms with E-state index < -0.39 is 18.7 Å². The quantitative estimate of drug-likeness (QED) is 0.512. The number of hydrogen-bond donors (Lipinski definition) is 3. The molecule has 0 aromatic rings. The summed E-state index contributed by atoms with van der Waals surface area (Å²) in [5.74, 6) is 0.304. The molecule has 0 aromatic carbocycles. The fourth-order valence-electron chi connectivity index (χ4n) is 9.14. The van der Waals surface area contributed by atoms with Gasteiger partial charge in [0.05, 0.1) is 18.1 Å². The molecule has 0 aromatic heterocycles. The minimum absolute atomic E-state index is 0.190. The smallest absolute Gasteiger partial charge is 0.306 e. The first-order chi connectivity index (χ1) is 15.8. The van der Waals surface area contributed by atoms with Crippen molar-refractivity contribution in [2.24, 2.45) is 52.3 Å². The van der Waals surface area contributed by atoms with E-state index in [9.17, 15) is 20.1 Å². The Kier molecular flexibility index (Phi) is 5.52. The zero-order chi connectivity index (χ0) is 25.1. The molecular weight excluding hydrogens is 388 g/mol. The number of fused-ring (bicyclic) bond motifs is 5. The molecule has 4 nitrogen and oxygen atoms in total. The summed E-state index contributed by atoms with van der Waals surface area (Å²) in [7, 11) is 0. The molecule has 0 bridgehead atoms. The summed E-state index contributed by atoms with van der Waals surface area (Å²) in [6.45, 7) is 4.70. The zero-order valence-corrected chi connectivity index (χ0v) is 19.7. The summed E-state index contributed by atoms with van der Waals surface area (Å²) in [5, 5.41) is 31.0. The molecule has 0 saturated heterocycles. The molecule has 31 heavy (non-hydrogen) atoms. The third-order valence-corrected chi connectivity index (χ3v) is 10.9. The number of aliphatic hydroxyl groups excluding tert-OH is 2. The molecule has 0 spiro atoms. The number of hydrogen-bond acceptors (Lipinski definition) is 3. The highest BCUT2D eigenvalue weighted by atomic mass is 16.4. The van der Waals surface area contributed by atoms with Crippen LogP contribution in [0.3, 0.4) is 0 Å². The van der Waals surface area contributed by atoms with Crippen molar-refractivity contribution in [1.29, 1.82) is 0 Å². The Morgan fingerprint density at radius 3 is 2.45 bits per heavy atom. The lowest BCUT2D eigenvalue weighted by molar-refractivity contribution is -0.174. The fraction of sp³-hybridized carbons (Fsp3) is 0.963. The van der Waals surface area contributed by atoms with Crippen LogP contribution in [0.1, 0.15) is 102 Å². The van der Waals surface area contributed by atoms with Gasteiger partial charge in [0.15, 0.2) is 0 Å². The van der Waals surface area contributed by atoms with Gasteiger partial charge in [0.25, 0.3) is 0 Å².